The zero-order valence-electron chi connectivity index (χ0n) is 18.9. The Hall–Kier alpha value is -2.48. The lowest BCUT2D eigenvalue weighted by Crippen LogP contribution is -2.47. The number of rotatable bonds is 7. The Bertz CT molecular complexity index is 876. The third kappa shape index (κ3) is 6.76. The molecular formula is C24H33ClN4O3. The summed E-state index contributed by atoms with van der Waals surface area (Å²) in [5.41, 5.74) is 8.50. The molecule has 1 aromatic heterocycles. The molecule has 3 rings (SSSR count). The number of nitrogens with one attached hydrogen (secondary N) is 1. The number of carbonyl (C=O) groups is 2. The molecular weight excluding hydrogens is 428 g/mol. The van der Waals surface area contributed by atoms with E-state index in [0.29, 0.717) is 17.5 Å². The van der Waals surface area contributed by atoms with E-state index in [-0.39, 0.29) is 30.5 Å². The summed E-state index contributed by atoms with van der Waals surface area (Å²) in [6.07, 6.45) is 6.09. The first-order valence-corrected chi connectivity index (χ1v) is 11.2. The van der Waals surface area contributed by atoms with Crippen LogP contribution in [-0.4, -0.2) is 52.5 Å². The molecule has 2 amide bonds. The van der Waals surface area contributed by atoms with Crippen LogP contribution >= 0.6 is 11.6 Å². The number of carbonyl (C=O) groups excluding carboxylic acids is 2. The lowest BCUT2D eigenvalue weighted by molar-refractivity contribution is -0.134. The number of benzene rings is 1. The first-order chi connectivity index (χ1) is 15.3. The van der Waals surface area contributed by atoms with Crippen molar-refractivity contribution in [1.82, 2.24) is 15.2 Å². The van der Waals surface area contributed by atoms with Gasteiger partial charge in [0.15, 0.2) is 0 Å². The molecule has 174 valence electrons. The van der Waals surface area contributed by atoms with E-state index in [9.17, 15) is 14.7 Å². The van der Waals surface area contributed by atoms with Crippen LogP contribution in [0.25, 0.3) is 11.1 Å². The standard InChI is InChI=1S/C14H13ClN2O2.C10H20N2O/c15-13-7-16-6-5-12(13)10-1-3-11(4-2-10)14(8-18)17-9-19;1-7(2)9(11)10(13)12-6-4-5-8(12)3/h1-7,9,14,18H,8H2,(H,17,19);7-9H,4-6,11H2,1-3H3. The van der Waals surface area contributed by atoms with Gasteiger partial charge >= 0.3 is 0 Å². The van der Waals surface area contributed by atoms with E-state index in [0.717, 1.165) is 36.1 Å². The molecule has 2 aromatic rings. The third-order valence-electron chi connectivity index (χ3n) is 5.69. The van der Waals surface area contributed by atoms with Crippen molar-refractivity contribution in [3.63, 3.8) is 0 Å². The quantitative estimate of drug-likeness (QED) is 0.550. The molecule has 1 fully saturated rings. The summed E-state index contributed by atoms with van der Waals surface area (Å²) in [7, 11) is 0. The van der Waals surface area contributed by atoms with E-state index >= 15 is 0 Å². The number of aliphatic hydroxyl groups is 1. The normalized spacial score (nSPS) is 17.3. The molecule has 0 saturated carbocycles. The Morgan fingerprint density at radius 3 is 2.53 bits per heavy atom. The van der Waals surface area contributed by atoms with E-state index in [1.54, 1.807) is 12.4 Å². The minimum absolute atomic E-state index is 0.125. The molecule has 1 aromatic carbocycles. The van der Waals surface area contributed by atoms with Crippen LogP contribution in [0.2, 0.25) is 5.02 Å². The van der Waals surface area contributed by atoms with Crippen LogP contribution in [0, 0.1) is 5.92 Å². The zero-order valence-corrected chi connectivity index (χ0v) is 19.6. The number of aromatic nitrogens is 1. The second-order valence-electron chi connectivity index (χ2n) is 8.29. The topological polar surface area (TPSA) is 109 Å². The van der Waals surface area contributed by atoms with E-state index in [4.69, 9.17) is 17.3 Å². The highest BCUT2D eigenvalue weighted by Crippen LogP contribution is 2.27. The van der Waals surface area contributed by atoms with Crippen molar-refractivity contribution in [3.8, 4) is 11.1 Å². The van der Waals surface area contributed by atoms with Gasteiger partial charge in [0.25, 0.3) is 0 Å². The molecule has 32 heavy (non-hydrogen) atoms. The van der Waals surface area contributed by atoms with Crippen LogP contribution in [0.4, 0.5) is 0 Å². The summed E-state index contributed by atoms with van der Waals surface area (Å²) in [6.45, 7) is 6.82. The first-order valence-electron chi connectivity index (χ1n) is 10.9. The highest BCUT2D eigenvalue weighted by atomic mass is 35.5. The number of hydrogen-bond donors (Lipinski definition) is 3. The Balaban J connectivity index is 0.000000244. The summed E-state index contributed by atoms with van der Waals surface area (Å²) in [4.78, 5) is 28.1. The highest BCUT2D eigenvalue weighted by Gasteiger charge is 2.29. The van der Waals surface area contributed by atoms with Crippen molar-refractivity contribution in [2.24, 2.45) is 11.7 Å². The van der Waals surface area contributed by atoms with Crippen molar-refractivity contribution in [2.75, 3.05) is 13.2 Å². The molecule has 7 nitrogen and oxygen atoms in total. The van der Waals surface area contributed by atoms with Gasteiger partial charge in [-0.05, 0) is 42.9 Å². The number of pyridine rings is 1. The summed E-state index contributed by atoms with van der Waals surface area (Å²) in [6, 6.07) is 9.01. The molecule has 3 atom stereocenters. The Kier molecular flexibility index (Phi) is 10.1. The van der Waals surface area contributed by atoms with Crippen LogP contribution in [-0.2, 0) is 9.59 Å². The molecule has 0 aliphatic carbocycles. The van der Waals surface area contributed by atoms with Crippen LogP contribution in [0.1, 0.15) is 45.2 Å². The Morgan fingerprint density at radius 2 is 2.03 bits per heavy atom. The number of amides is 2. The molecule has 0 bridgehead atoms. The maximum atomic E-state index is 11.8. The van der Waals surface area contributed by atoms with Crippen molar-refractivity contribution in [1.29, 1.82) is 0 Å². The average Bonchev–Trinajstić information content (AvgIpc) is 3.23. The summed E-state index contributed by atoms with van der Waals surface area (Å²) >= 11 is 6.08. The maximum Gasteiger partial charge on any atom is 0.239 e. The van der Waals surface area contributed by atoms with Crippen LogP contribution in [0.15, 0.2) is 42.7 Å². The van der Waals surface area contributed by atoms with Crippen molar-refractivity contribution >= 4 is 23.9 Å². The number of nitrogens with zero attached hydrogens (tertiary/aromatic N) is 2. The number of hydrogen-bond acceptors (Lipinski definition) is 5. The number of likely N-dealkylation sites (tertiary alicyclic amines) is 1. The number of aliphatic hydroxyl groups excluding tert-OH is 1. The minimum atomic E-state index is -0.389. The van der Waals surface area contributed by atoms with Crippen LogP contribution in [0.3, 0.4) is 0 Å². The van der Waals surface area contributed by atoms with Crippen molar-refractivity contribution < 1.29 is 14.7 Å². The van der Waals surface area contributed by atoms with Crippen LogP contribution < -0.4 is 11.1 Å². The first kappa shape index (κ1) is 25.8. The summed E-state index contributed by atoms with van der Waals surface area (Å²) in [5.74, 6) is 0.361. The second-order valence-corrected chi connectivity index (χ2v) is 8.70. The fourth-order valence-corrected chi connectivity index (χ4v) is 3.81. The van der Waals surface area contributed by atoms with Crippen LogP contribution in [0.5, 0.6) is 0 Å². The lowest BCUT2D eigenvalue weighted by atomic mass is 10.0. The molecule has 1 aliphatic rings. The average molecular weight is 461 g/mol. The predicted octanol–water partition coefficient (Wildman–Crippen LogP) is 3.16. The Morgan fingerprint density at radius 1 is 1.34 bits per heavy atom. The summed E-state index contributed by atoms with van der Waals surface area (Å²) in [5, 5.41) is 12.3. The zero-order chi connectivity index (χ0) is 23.7. The second kappa shape index (κ2) is 12.5. The molecule has 8 heteroatoms. The third-order valence-corrected chi connectivity index (χ3v) is 5.99. The van der Waals surface area contributed by atoms with E-state index in [1.165, 1.54) is 0 Å². The fourth-order valence-electron chi connectivity index (χ4n) is 3.58. The molecule has 4 N–H and O–H groups in total. The molecule has 1 saturated heterocycles. The van der Waals surface area contributed by atoms with E-state index < -0.39 is 0 Å². The molecule has 0 spiro atoms. The van der Waals surface area contributed by atoms with Gasteiger partial charge in [-0.3, -0.25) is 14.6 Å². The predicted molar refractivity (Wildman–Crippen MR) is 127 cm³/mol. The molecule has 2 heterocycles. The SMILES string of the molecule is CC(C)C(N)C(=O)N1CCCC1C.O=CNC(CO)c1ccc(-c2ccncc2Cl)cc1. The van der Waals surface area contributed by atoms with Gasteiger partial charge < -0.3 is 21.1 Å². The molecule has 3 unspecified atom stereocenters. The lowest BCUT2D eigenvalue weighted by Gasteiger charge is -2.26. The van der Waals surface area contributed by atoms with Gasteiger partial charge in [-0.2, -0.15) is 0 Å². The van der Waals surface area contributed by atoms with E-state index in [1.807, 2.05) is 49.1 Å². The van der Waals surface area contributed by atoms with Gasteiger partial charge in [-0.1, -0.05) is 49.7 Å². The van der Waals surface area contributed by atoms with Gasteiger partial charge in [-0.15, -0.1) is 0 Å². The van der Waals surface area contributed by atoms with Gasteiger partial charge in [0, 0.05) is 30.5 Å². The Labute approximate surface area is 195 Å². The number of halogens is 1. The number of nitrogens with two attached hydrogens (primary N) is 1. The molecule has 0 radical (unpaired) electrons. The monoisotopic (exact) mass is 460 g/mol. The smallest absolute Gasteiger partial charge is 0.239 e. The van der Waals surface area contributed by atoms with Gasteiger partial charge in [0.05, 0.1) is 23.7 Å². The van der Waals surface area contributed by atoms with Gasteiger partial charge in [0.2, 0.25) is 12.3 Å². The van der Waals surface area contributed by atoms with Gasteiger partial charge in [0.1, 0.15) is 0 Å². The fraction of sp³-hybridized carbons (Fsp3) is 0.458. The minimum Gasteiger partial charge on any atom is -0.394 e. The van der Waals surface area contributed by atoms with Gasteiger partial charge in [-0.25, -0.2) is 0 Å². The maximum absolute atomic E-state index is 11.8. The molecule has 1 aliphatic heterocycles. The largest absolute Gasteiger partial charge is 0.394 e. The van der Waals surface area contributed by atoms with Crippen molar-refractivity contribution in [3.05, 3.63) is 53.3 Å². The van der Waals surface area contributed by atoms with E-state index in [2.05, 4.69) is 17.2 Å². The van der Waals surface area contributed by atoms with Crippen molar-refractivity contribution in [2.45, 2.75) is 51.7 Å². The summed E-state index contributed by atoms with van der Waals surface area (Å²) < 4.78 is 0. The highest BCUT2D eigenvalue weighted by molar-refractivity contribution is 6.33.